The molecule has 10 heteroatoms. The van der Waals surface area contributed by atoms with Crippen molar-refractivity contribution in [3.8, 4) is 11.5 Å². The average Bonchev–Trinajstić information content (AvgIpc) is 3.02. The van der Waals surface area contributed by atoms with Gasteiger partial charge >= 0.3 is 6.03 Å². The van der Waals surface area contributed by atoms with Crippen LogP contribution in [0.25, 0.3) is 6.08 Å². The van der Waals surface area contributed by atoms with E-state index in [1.165, 1.54) is 24.3 Å². The second kappa shape index (κ2) is 11.1. The molecule has 0 unspecified atom stereocenters. The fourth-order valence-electron chi connectivity index (χ4n) is 3.11. The van der Waals surface area contributed by atoms with Crippen molar-refractivity contribution in [3.63, 3.8) is 0 Å². The van der Waals surface area contributed by atoms with Crippen molar-refractivity contribution in [1.82, 2.24) is 10.2 Å². The smallest absolute Gasteiger partial charge is 0.329 e. The van der Waals surface area contributed by atoms with E-state index in [0.29, 0.717) is 45.9 Å². The zero-order valence-corrected chi connectivity index (χ0v) is 20.3. The number of imide groups is 1. The first-order valence-electron chi connectivity index (χ1n) is 10.3. The summed E-state index contributed by atoms with van der Waals surface area (Å²) in [5.74, 6) is -0.419. The fraction of sp³-hybridized carbons (Fsp3) is 0.261. The number of halogens is 2. The molecule has 1 aliphatic rings. The van der Waals surface area contributed by atoms with Gasteiger partial charge in [-0.2, -0.15) is 0 Å². The normalized spacial score (nSPS) is 14.4. The molecular formula is C23H23FIN3O5. The molecule has 0 aromatic heterocycles. The number of anilines is 1. The second-order valence-electron chi connectivity index (χ2n) is 7.05. The second-order valence-corrected chi connectivity index (χ2v) is 8.21. The molecule has 4 amide bonds. The highest BCUT2D eigenvalue weighted by Gasteiger charge is 2.32. The number of hydrogen-bond donors (Lipinski definition) is 2. The van der Waals surface area contributed by atoms with Gasteiger partial charge in [0.25, 0.3) is 11.8 Å². The number of carbonyl (C=O) groups is 3. The molecule has 33 heavy (non-hydrogen) atoms. The van der Waals surface area contributed by atoms with Crippen LogP contribution in [0.4, 0.5) is 14.9 Å². The zero-order valence-electron chi connectivity index (χ0n) is 18.1. The van der Waals surface area contributed by atoms with E-state index in [1.807, 2.05) is 36.4 Å². The first-order chi connectivity index (χ1) is 15.8. The SMILES string of the molecule is CCCN1C(=O)N/C(=C/c2cc(I)c(OCC(=O)Nc3ccc(F)cc3)c(OCC)c2)C1=O. The zero-order chi connectivity index (χ0) is 24.0. The van der Waals surface area contributed by atoms with Gasteiger partial charge in [0.1, 0.15) is 11.5 Å². The summed E-state index contributed by atoms with van der Waals surface area (Å²) in [6, 6.07) is 8.39. The molecule has 0 radical (unpaired) electrons. The van der Waals surface area contributed by atoms with Crippen molar-refractivity contribution < 1.29 is 28.2 Å². The van der Waals surface area contributed by atoms with Crippen molar-refractivity contribution in [2.45, 2.75) is 20.3 Å². The lowest BCUT2D eigenvalue weighted by Gasteiger charge is -2.15. The Labute approximate surface area is 204 Å². The maximum absolute atomic E-state index is 13.0. The number of benzene rings is 2. The number of nitrogens with zero attached hydrogens (tertiary/aromatic N) is 1. The highest BCUT2D eigenvalue weighted by atomic mass is 127. The van der Waals surface area contributed by atoms with Crippen molar-refractivity contribution in [2.24, 2.45) is 0 Å². The Morgan fingerprint density at radius 2 is 1.91 bits per heavy atom. The third-order valence-electron chi connectivity index (χ3n) is 4.53. The first kappa shape index (κ1) is 24.5. The molecular weight excluding hydrogens is 544 g/mol. The Morgan fingerprint density at radius 1 is 1.18 bits per heavy atom. The molecule has 8 nitrogen and oxygen atoms in total. The van der Waals surface area contributed by atoms with Gasteiger partial charge in [0.05, 0.1) is 10.2 Å². The number of rotatable bonds is 9. The molecule has 0 atom stereocenters. The van der Waals surface area contributed by atoms with Crippen molar-refractivity contribution >= 4 is 52.2 Å². The number of nitrogens with one attached hydrogen (secondary N) is 2. The Bertz CT molecular complexity index is 1090. The predicted octanol–water partition coefficient (Wildman–Crippen LogP) is 4.15. The number of hydrogen-bond acceptors (Lipinski definition) is 5. The van der Waals surface area contributed by atoms with Crippen LogP contribution in [0.5, 0.6) is 11.5 Å². The Morgan fingerprint density at radius 3 is 2.58 bits per heavy atom. The molecule has 0 aliphatic carbocycles. The molecule has 0 saturated carbocycles. The lowest BCUT2D eigenvalue weighted by atomic mass is 10.1. The van der Waals surface area contributed by atoms with Gasteiger partial charge in [-0.05, 0) is 84.0 Å². The van der Waals surface area contributed by atoms with Crippen LogP contribution < -0.4 is 20.1 Å². The summed E-state index contributed by atoms with van der Waals surface area (Å²) in [6.45, 7) is 4.11. The average molecular weight is 567 g/mol. The van der Waals surface area contributed by atoms with E-state index in [2.05, 4.69) is 10.6 Å². The number of amides is 4. The summed E-state index contributed by atoms with van der Waals surface area (Å²) in [5, 5.41) is 5.21. The Kier molecular flexibility index (Phi) is 8.26. The highest BCUT2D eigenvalue weighted by molar-refractivity contribution is 14.1. The van der Waals surface area contributed by atoms with E-state index >= 15 is 0 Å². The molecule has 0 spiro atoms. The van der Waals surface area contributed by atoms with E-state index in [4.69, 9.17) is 9.47 Å². The molecule has 3 rings (SSSR count). The van der Waals surface area contributed by atoms with E-state index in [-0.39, 0.29) is 18.2 Å². The van der Waals surface area contributed by atoms with Crippen molar-refractivity contribution in [1.29, 1.82) is 0 Å². The van der Waals surface area contributed by atoms with Crippen molar-refractivity contribution in [2.75, 3.05) is 25.1 Å². The van der Waals surface area contributed by atoms with E-state index in [0.717, 1.165) is 4.90 Å². The molecule has 1 heterocycles. The van der Waals surface area contributed by atoms with Gasteiger partial charge in [-0.1, -0.05) is 6.92 Å². The lowest BCUT2D eigenvalue weighted by molar-refractivity contribution is -0.123. The van der Waals surface area contributed by atoms with Crippen LogP contribution in [0, 0.1) is 9.39 Å². The molecule has 1 saturated heterocycles. The summed E-state index contributed by atoms with van der Waals surface area (Å²) in [5.41, 5.74) is 1.26. The van der Waals surface area contributed by atoms with Gasteiger partial charge in [-0.15, -0.1) is 0 Å². The van der Waals surface area contributed by atoms with E-state index in [9.17, 15) is 18.8 Å². The maximum Gasteiger partial charge on any atom is 0.329 e. The third-order valence-corrected chi connectivity index (χ3v) is 5.33. The van der Waals surface area contributed by atoms with Crippen LogP contribution in [-0.2, 0) is 9.59 Å². The van der Waals surface area contributed by atoms with Gasteiger partial charge in [0.15, 0.2) is 18.1 Å². The summed E-state index contributed by atoms with van der Waals surface area (Å²) in [4.78, 5) is 37.9. The largest absolute Gasteiger partial charge is 0.490 e. The topological polar surface area (TPSA) is 97.0 Å². The fourth-order valence-corrected chi connectivity index (χ4v) is 3.89. The van der Waals surface area contributed by atoms with E-state index in [1.54, 1.807) is 18.2 Å². The lowest BCUT2D eigenvalue weighted by Crippen LogP contribution is -2.31. The Hall–Kier alpha value is -3.15. The summed E-state index contributed by atoms with van der Waals surface area (Å²) < 4.78 is 25.1. The minimum atomic E-state index is -0.444. The van der Waals surface area contributed by atoms with Crippen LogP contribution in [-0.4, -0.2) is 42.5 Å². The molecule has 1 fully saturated rings. The minimum absolute atomic E-state index is 0.180. The van der Waals surface area contributed by atoms with E-state index < -0.39 is 17.8 Å². The number of ether oxygens (including phenoxy) is 2. The van der Waals surface area contributed by atoms with Gasteiger partial charge in [-0.25, -0.2) is 9.18 Å². The summed E-state index contributed by atoms with van der Waals surface area (Å²) >= 11 is 2.05. The Balaban J connectivity index is 1.75. The summed E-state index contributed by atoms with van der Waals surface area (Å²) in [7, 11) is 0. The monoisotopic (exact) mass is 567 g/mol. The van der Waals surface area contributed by atoms with Crippen LogP contribution in [0.3, 0.4) is 0 Å². The van der Waals surface area contributed by atoms with Crippen LogP contribution in [0.1, 0.15) is 25.8 Å². The molecule has 2 N–H and O–H groups in total. The molecule has 0 bridgehead atoms. The minimum Gasteiger partial charge on any atom is -0.490 e. The van der Waals surface area contributed by atoms with Crippen LogP contribution >= 0.6 is 22.6 Å². The maximum atomic E-state index is 13.0. The highest BCUT2D eigenvalue weighted by Crippen LogP contribution is 2.35. The van der Waals surface area contributed by atoms with Gasteiger partial charge in [-0.3, -0.25) is 14.5 Å². The van der Waals surface area contributed by atoms with Gasteiger partial charge in [0.2, 0.25) is 0 Å². The van der Waals surface area contributed by atoms with Crippen LogP contribution in [0.15, 0.2) is 42.1 Å². The predicted molar refractivity (Wildman–Crippen MR) is 129 cm³/mol. The van der Waals surface area contributed by atoms with Crippen LogP contribution in [0.2, 0.25) is 0 Å². The molecule has 1 aliphatic heterocycles. The quantitative estimate of drug-likeness (QED) is 0.270. The number of urea groups is 1. The summed E-state index contributed by atoms with van der Waals surface area (Å²) in [6.07, 6.45) is 2.24. The molecule has 2 aromatic carbocycles. The van der Waals surface area contributed by atoms with Gasteiger partial charge < -0.3 is 20.1 Å². The molecule has 174 valence electrons. The molecule has 2 aromatic rings. The first-order valence-corrected chi connectivity index (χ1v) is 11.4. The third kappa shape index (κ3) is 6.21. The number of carbonyl (C=O) groups excluding carboxylic acids is 3. The standard InChI is InChI=1S/C23H23FIN3O5/c1-3-9-28-22(30)18(27-23(28)31)11-14-10-17(25)21(19(12-14)32-4-2)33-13-20(29)26-16-7-5-15(24)6-8-16/h5-8,10-12H,3-4,9,13H2,1-2H3,(H,26,29)(H,27,31)/b18-11+. The van der Waals surface area contributed by atoms with Gasteiger partial charge in [0, 0.05) is 12.2 Å². The van der Waals surface area contributed by atoms with Crippen molar-refractivity contribution in [3.05, 3.63) is 57.0 Å².